The van der Waals surface area contributed by atoms with Gasteiger partial charge in [0, 0.05) is 30.3 Å². The van der Waals surface area contributed by atoms with Crippen LogP contribution in [0.3, 0.4) is 0 Å². The Morgan fingerprint density at radius 2 is 1.69 bits per heavy atom. The molecule has 10 nitrogen and oxygen atoms in total. The quantitative estimate of drug-likeness (QED) is 0.419. The fourth-order valence-electron chi connectivity index (χ4n) is 5.67. The highest BCUT2D eigenvalue weighted by atomic mass is 35.5. The number of para-hydroxylation sites is 1. The van der Waals surface area contributed by atoms with Crippen LogP contribution in [-0.4, -0.2) is 66.3 Å². The van der Waals surface area contributed by atoms with E-state index in [9.17, 15) is 14.4 Å². The number of rotatable bonds is 6. The Labute approximate surface area is 253 Å². The van der Waals surface area contributed by atoms with E-state index in [1.165, 1.54) is 0 Å². The van der Waals surface area contributed by atoms with E-state index < -0.39 is 5.54 Å². The zero-order chi connectivity index (χ0) is 29.3. The fraction of sp³-hybridized carbons (Fsp3) is 0.300. The van der Waals surface area contributed by atoms with Crippen LogP contribution in [0.2, 0.25) is 10.0 Å². The van der Waals surface area contributed by atoms with E-state index >= 15 is 0 Å². The number of amides is 4. The highest BCUT2D eigenvalue weighted by Crippen LogP contribution is 2.40. The monoisotopic (exact) mass is 609 g/mol. The maximum Gasteiger partial charge on any atom is 0.321 e. The Bertz CT molecular complexity index is 1510. The van der Waals surface area contributed by atoms with Gasteiger partial charge in [-0.25, -0.2) is 4.79 Å². The summed E-state index contributed by atoms with van der Waals surface area (Å²) >= 11 is 12.2. The van der Waals surface area contributed by atoms with Crippen molar-refractivity contribution in [2.75, 3.05) is 43.3 Å². The third kappa shape index (κ3) is 5.52. The number of benzene rings is 3. The van der Waals surface area contributed by atoms with Crippen molar-refractivity contribution in [3.8, 4) is 11.5 Å². The van der Waals surface area contributed by atoms with E-state index in [0.29, 0.717) is 59.7 Å². The number of nitrogens with zero attached hydrogens (tertiary/aromatic N) is 3. The van der Waals surface area contributed by atoms with Gasteiger partial charge in [-0.15, -0.1) is 0 Å². The van der Waals surface area contributed by atoms with Crippen LogP contribution in [0.1, 0.15) is 18.4 Å². The highest BCUT2D eigenvalue weighted by Gasteiger charge is 2.54. The van der Waals surface area contributed by atoms with Gasteiger partial charge in [0.2, 0.25) is 12.7 Å². The molecule has 6 rings (SSSR count). The van der Waals surface area contributed by atoms with Crippen molar-refractivity contribution in [1.29, 1.82) is 0 Å². The van der Waals surface area contributed by atoms with Gasteiger partial charge in [-0.05, 0) is 60.9 Å². The maximum atomic E-state index is 14.0. The average Bonchev–Trinajstić information content (AvgIpc) is 3.57. The Kier molecular flexibility index (Phi) is 7.74. The summed E-state index contributed by atoms with van der Waals surface area (Å²) in [5.74, 6) is 0.942. The third-order valence-electron chi connectivity index (χ3n) is 7.89. The van der Waals surface area contributed by atoms with Crippen LogP contribution >= 0.6 is 23.2 Å². The average molecular weight is 610 g/mol. The van der Waals surface area contributed by atoms with E-state index in [2.05, 4.69) is 15.5 Å². The molecule has 3 heterocycles. The Hall–Kier alpha value is -4.15. The van der Waals surface area contributed by atoms with Crippen LogP contribution < -0.4 is 25.0 Å². The van der Waals surface area contributed by atoms with Gasteiger partial charge in [-0.2, -0.15) is 0 Å². The molecule has 218 valence electrons. The minimum Gasteiger partial charge on any atom is -0.454 e. The molecule has 0 unspecified atom stereocenters. The number of halogens is 2. The molecular weight excluding hydrogens is 581 g/mol. The van der Waals surface area contributed by atoms with Crippen molar-refractivity contribution < 1.29 is 23.9 Å². The second-order valence-electron chi connectivity index (χ2n) is 10.4. The minimum absolute atomic E-state index is 0.0757. The van der Waals surface area contributed by atoms with Gasteiger partial charge in [-0.3, -0.25) is 9.59 Å². The normalized spacial score (nSPS) is 17.1. The molecule has 0 aromatic heterocycles. The zero-order valence-corrected chi connectivity index (χ0v) is 24.2. The van der Waals surface area contributed by atoms with Crippen LogP contribution in [0.25, 0.3) is 0 Å². The van der Waals surface area contributed by atoms with Crippen molar-refractivity contribution in [2.24, 2.45) is 0 Å². The molecule has 2 saturated heterocycles. The largest absolute Gasteiger partial charge is 0.454 e. The van der Waals surface area contributed by atoms with Crippen LogP contribution in [-0.2, 0) is 16.1 Å². The molecule has 3 aliphatic rings. The molecule has 0 atom stereocenters. The van der Waals surface area contributed by atoms with Crippen molar-refractivity contribution in [3.63, 3.8) is 0 Å². The summed E-state index contributed by atoms with van der Waals surface area (Å²) in [6.45, 7) is 1.39. The number of hydrogen-bond acceptors (Lipinski definition) is 6. The van der Waals surface area contributed by atoms with Gasteiger partial charge >= 0.3 is 6.03 Å². The molecule has 4 amide bonds. The van der Waals surface area contributed by atoms with Crippen molar-refractivity contribution >= 4 is 52.4 Å². The topological polar surface area (TPSA) is 103 Å². The lowest BCUT2D eigenvalue weighted by atomic mass is 9.85. The SMILES string of the molecule is O=C(CN1CN(c2ccccc2)C2(CCN(C(=O)Nc3ccc(Cl)cc3Cl)CC2)C1=O)NCc1ccc2c(c1)OCO2. The summed E-state index contributed by atoms with van der Waals surface area (Å²) in [6, 6.07) is 19.8. The predicted molar refractivity (Wildman–Crippen MR) is 159 cm³/mol. The van der Waals surface area contributed by atoms with E-state index in [-0.39, 0.29) is 37.9 Å². The lowest BCUT2D eigenvalue weighted by Gasteiger charge is -2.43. The lowest BCUT2D eigenvalue weighted by molar-refractivity contribution is -0.137. The molecule has 0 saturated carbocycles. The Morgan fingerprint density at radius 1 is 0.929 bits per heavy atom. The maximum absolute atomic E-state index is 14.0. The number of carbonyl (C=O) groups is 3. The fourth-order valence-corrected chi connectivity index (χ4v) is 6.12. The van der Waals surface area contributed by atoms with Gasteiger partial charge in [0.25, 0.3) is 5.91 Å². The number of ether oxygens (including phenoxy) is 2. The second-order valence-corrected chi connectivity index (χ2v) is 11.3. The molecule has 42 heavy (non-hydrogen) atoms. The number of hydrogen-bond donors (Lipinski definition) is 2. The first kappa shape index (κ1) is 28.0. The van der Waals surface area contributed by atoms with Crippen molar-refractivity contribution in [1.82, 2.24) is 15.1 Å². The van der Waals surface area contributed by atoms with E-state index in [1.54, 1.807) is 28.0 Å². The molecule has 3 aromatic carbocycles. The lowest BCUT2D eigenvalue weighted by Crippen LogP contribution is -2.58. The number of likely N-dealkylation sites (tertiary alicyclic amines) is 1. The number of carbonyl (C=O) groups excluding carboxylic acids is 3. The molecule has 1 spiro atoms. The van der Waals surface area contributed by atoms with Crippen LogP contribution in [0.5, 0.6) is 11.5 Å². The minimum atomic E-state index is -0.867. The van der Waals surface area contributed by atoms with Gasteiger partial charge in [0.1, 0.15) is 12.1 Å². The first-order valence-corrected chi connectivity index (χ1v) is 14.4. The summed E-state index contributed by atoms with van der Waals surface area (Å²) in [5.41, 5.74) is 1.36. The molecule has 0 aliphatic carbocycles. The van der Waals surface area contributed by atoms with Crippen LogP contribution in [0.4, 0.5) is 16.2 Å². The Morgan fingerprint density at radius 3 is 2.45 bits per heavy atom. The van der Waals surface area contributed by atoms with E-state index in [0.717, 1.165) is 11.3 Å². The van der Waals surface area contributed by atoms with Gasteiger partial charge < -0.3 is 34.8 Å². The van der Waals surface area contributed by atoms with Gasteiger partial charge in [0.15, 0.2) is 11.5 Å². The number of nitrogens with one attached hydrogen (secondary N) is 2. The van der Waals surface area contributed by atoms with Gasteiger partial charge in [-0.1, -0.05) is 47.5 Å². The van der Waals surface area contributed by atoms with Crippen molar-refractivity contribution in [3.05, 3.63) is 82.3 Å². The molecule has 3 aromatic rings. The molecule has 3 aliphatic heterocycles. The number of anilines is 2. The van der Waals surface area contributed by atoms with Crippen LogP contribution in [0, 0.1) is 0 Å². The van der Waals surface area contributed by atoms with Crippen molar-refractivity contribution in [2.45, 2.75) is 24.9 Å². The summed E-state index contributed by atoms with van der Waals surface area (Å²) in [4.78, 5) is 45.3. The van der Waals surface area contributed by atoms with Gasteiger partial charge in [0.05, 0.1) is 17.4 Å². The first-order valence-electron chi connectivity index (χ1n) is 13.6. The predicted octanol–water partition coefficient (Wildman–Crippen LogP) is 4.71. The molecule has 0 bridgehead atoms. The standard InChI is InChI=1S/C30H29Cl2N5O5/c31-21-7-8-24(23(32)15-21)34-29(40)35-12-10-30(11-13-35)28(39)36(18-37(30)22-4-2-1-3-5-22)17-27(38)33-16-20-6-9-25-26(14-20)42-19-41-25/h1-9,14-15H,10-13,16-19H2,(H,33,38)(H,34,40). The second kappa shape index (κ2) is 11.6. The number of urea groups is 1. The summed E-state index contributed by atoms with van der Waals surface area (Å²) in [6.07, 6.45) is 0.829. The molecule has 12 heteroatoms. The number of piperidine rings is 1. The summed E-state index contributed by atoms with van der Waals surface area (Å²) in [5, 5.41) is 6.57. The third-order valence-corrected chi connectivity index (χ3v) is 8.44. The molecular formula is C30H29Cl2N5O5. The first-order chi connectivity index (χ1) is 20.3. The number of fused-ring (bicyclic) bond motifs is 1. The summed E-state index contributed by atoms with van der Waals surface area (Å²) < 4.78 is 10.8. The van der Waals surface area contributed by atoms with E-state index in [1.807, 2.05) is 48.5 Å². The van der Waals surface area contributed by atoms with Crippen LogP contribution in [0.15, 0.2) is 66.7 Å². The molecule has 0 radical (unpaired) electrons. The molecule has 2 fully saturated rings. The van der Waals surface area contributed by atoms with E-state index in [4.69, 9.17) is 32.7 Å². The Balaban J connectivity index is 1.12. The highest BCUT2D eigenvalue weighted by molar-refractivity contribution is 6.36. The molecule has 2 N–H and O–H groups in total. The zero-order valence-electron chi connectivity index (χ0n) is 22.6. The summed E-state index contributed by atoms with van der Waals surface area (Å²) in [7, 11) is 0. The smallest absolute Gasteiger partial charge is 0.321 e.